The molecule has 18 heavy (non-hydrogen) atoms. The van der Waals surface area contributed by atoms with Gasteiger partial charge in [-0.1, -0.05) is 12.1 Å². The molecular weight excluding hydrogens is 257 g/mol. The Hall–Kier alpha value is -1.89. The summed E-state index contributed by atoms with van der Waals surface area (Å²) in [4.78, 5) is -0.351. The third-order valence-corrected chi connectivity index (χ3v) is 4.35. The zero-order valence-electron chi connectivity index (χ0n) is 9.91. The van der Waals surface area contributed by atoms with Crippen molar-refractivity contribution >= 4 is 15.7 Å². The molecule has 5 nitrogen and oxygen atoms in total. The lowest BCUT2D eigenvalue weighted by molar-refractivity contribution is 0.566. The second-order valence-electron chi connectivity index (χ2n) is 3.78. The van der Waals surface area contributed by atoms with E-state index in [9.17, 15) is 12.8 Å². The fraction of sp³-hybridized carbons (Fsp3) is 0.182. The van der Waals surface area contributed by atoms with E-state index < -0.39 is 15.8 Å². The number of hydrogen-bond acceptors (Lipinski definition) is 3. The van der Waals surface area contributed by atoms with Gasteiger partial charge < -0.3 is 0 Å². The number of benzene rings is 1. The minimum Gasteiger partial charge on any atom is -0.274 e. The van der Waals surface area contributed by atoms with Gasteiger partial charge in [-0.25, -0.2) is 12.8 Å². The van der Waals surface area contributed by atoms with E-state index >= 15 is 0 Å². The normalized spacial score (nSPS) is 11.5. The quantitative estimate of drug-likeness (QED) is 0.846. The molecule has 0 radical (unpaired) electrons. The topological polar surface area (TPSA) is 55.2 Å². The van der Waals surface area contributed by atoms with Gasteiger partial charge >= 0.3 is 0 Å². The van der Waals surface area contributed by atoms with Gasteiger partial charge in [0, 0.05) is 20.3 Å². The molecule has 7 heteroatoms. The fourth-order valence-electron chi connectivity index (χ4n) is 1.51. The molecule has 96 valence electrons. The maximum absolute atomic E-state index is 13.5. The van der Waals surface area contributed by atoms with Crippen molar-refractivity contribution in [3.63, 3.8) is 0 Å². The molecule has 0 spiro atoms. The van der Waals surface area contributed by atoms with Gasteiger partial charge in [-0.3, -0.25) is 8.99 Å². The average molecular weight is 269 g/mol. The first kappa shape index (κ1) is 12.6. The van der Waals surface area contributed by atoms with Gasteiger partial charge in [0.1, 0.15) is 10.7 Å². The van der Waals surface area contributed by atoms with Gasteiger partial charge in [0.05, 0.1) is 11.9 Å². The number of anilines is 1. The molecule has 1 aromatic heterocycles. The van der Waals surface area contributed by atoms with Crippen LogP contribution in [0.4, 0.5) is 10.1 Å². The predicted octanol–water partition coefficient (Wildman–Crippen LogP) is 1.38. The summed E-state index contributed by atoms with van der Waals surface area (Å²) in [5, 5.41) is 3.88. The van der Waals surface area contributed by atoms with Crippen molar-refractivity contribution < 1.29 is 12.8 Å². The molecule has 1 heterocycles. The minimum atomic E-state index is -3.90. The molecule has 0 saturated heterocycles. The lowest BCUT2D eigenvalue weighted by Gasteiger charge is -2.17. The Balaban J connectivity index is 2.47. The van der Waals surface area contributed by atoms with Crippen molar-refractivity contribution in [3.05, 3.63) is 42.5 Å². The highest BCUT2D eigenvalue weighted by molar-refractivity contribution is 7.92. The predicted molar refractivity (Wildman–Crippen MR) is 65.2 cm³/mol. The van der Waals surface area contributed by atoms with Gasteiger partial charge in [0.15, 0.2) is 0 Å². The highest BCUT2D eigenvalue weighted by Gasteiger charge is 2.25. The number of rotatable bonds is 3. The molecule has 0 bridgehead atoms. The van der Waals surface area contributed by atoms with Crippen molar-refractivity contribution in [3.8, 4) is 0 Å². The van der Waals surface area contributed by atoms with Crippen LogP contribution >= 0.6 is 0 Å². The lowest BCUT2D eigenvalue weighted by Crippen LogP contribution is -2.27. The highest BCUT2D eigenvalue weighted by Crippen LogP contribution is 2.22. The van der Waals surface area contributed by atoms with Crippen LogP contribution < -0.4 is 4.31 Å². The maximum atomic E-state index is 13.5. The number of hydrogen-bond donors (Lipinski definition) is 0. The summed E-state index contributed by atoms with van der Waals surface area (Å²) < 4.78 is 40.4. The molecule has 0 atom stereocenters. The van der Waals surface area contributed by atoms with Crippen LogP contribution in [-0.4, -0.2) is 25.2 Å². The summed E-state index contributed by atoms with van der Waals surface area (Å²) >= 11 is 0. The van der Waals surface area contributed by atoms with Crippen molar-refractivity contribution in [2.75, 3.05) is 11.4 Å². The van der Waals surface area contributed by atoms with Gasteiger partial charge in [-0.2, -0.15) is 5.10 Å². The zero-order chi connectivity index (χ0) is 13.3. The highest BCUT2D eigenvalue weighted by atomic mass is 32.2. The van der Waals surface area contributed by atoms with E-state index in [1.807, 2.05) is 0 Å². The van der Waals surface area contributed by atoms with Gasteiger partial charge in [0.2, 0.25) is 0 Å². The fourth-order valence-corrected chi connectivity index (χ4v) is 2.74. The van der Waals surface area contributed by atoms with Crippen LogP contribution in [0, 0.1) is 5.82 Å². The Labute approximate surface area is 105 Å². The SMILES string of the molecule is CN(c1cnn(C)c1)S(=O)(=O)c1ccccc1F. The molecule has 2 aromatic rings. The van der Waals surface area contributed by atoms with E-state index in [1.54, 1.807) is 13.2 Å². The first-order valence-corrected chi connectivity index (χ1v) is 6.59. The number of aryl methyl sites for hydroxylation is 1. The third-order valence-electron chi connectivity index (χ3n) is 2.53. The third kappa shape index (κ3) is 2.08. The van der Waals surface area contributed by atoms with E-state index in [4.69, 9.17) is 0 Å². The Morgan fingerprint density at radius 2 is 2.00 bits per heavy atom. The van der Waals surface area contributed by atoms with Crippen molar-refractivity contribution in [2.24, 2.45) is 7.05 Å². The Morgan fingerprint density at radius 1 is 1.33 bits per heavy atom. The smallest absolute Gasteiger partial charge is 0.267 e. The largest absolute Gasteiger partial charge is 0.274 e. The second-order valence-corrected chi connectivity index (χ2v) is 5.71. The van der Waals surface area contributed by atoms with Gasteiger partial charge in [-0.15, -0.1) is 0 Å². The summed E-state index contributed by atoms with van der Waals surface area (Å²) in [7, 11) is -0.871. The molecule has 0 fully saturated rings. The van der Waals surface area contributed by atoms with Crippen molar-refractivity contribution in [1.82, 2.24) is 9.78 Å². The maximum Gasteiger partial charge on any atom is 0.267 e. The molecule has 0 aliphatic rings. The monoisotopic (exact) mass is 269 g/mol. The molecular formula is C11H12FN3O2S. The molecule has 2 rings (SSSR count). The van der Waals surface area contributed by atoms with Gasteiger partial charge in [-0.05, 0) is 12.1 Å². The van der Waals surface area contributed by atoms with Crippen LogP contribution in [0.5, 0.6) is 0 Å². The van der Waals surface area contributed by atoms with E-state index in [1.165, 1.54) is 36.1 Å². The second kappa shape index (κ2) is 4.41. The molecule has 0 unspecified atom stereocenters. The van der Waals surface area contributed by atoms with E-state index in [2.05, 4.69) is 5.10 Å². The first-order valence-electron chi connectivity index (χ1n) is 5.15. The molecule has 0 N–H and O–H groups in total. The Kier molecular flexibility index (Phi) is 3.08. The van der Waals surface area contributed by atoms with Crippen molar-refractivity contribution in [1.29, 1.82) is 0 Å². The van der Waals surface area contributed by atoms with Crippen molar-refractivity contribution in [2.45, 2.75) is 4.90 Å². The number of nitrogens with zero attached hydrogens (tertiary/aromatic N) is 3. The van der Waals surface area contributed by atoms with Crippen LogP contribution in [0.15, 0.2) is 41.6 Å². The van der Waals surface area contributed by atoms with E-state index in [0.717, 1.165) is 10.4 Å². The lowest BCUT2D eigenvalue weighted by atomic mass is 10.4. The summed E-state index contributed by atoms with van der Waals surface area (Å²) in [6.07, 6.45) is 2.94. The molecule has 0 amide bonds. The molecule has 0 aliphatic carbocycles. The minimum absolute atomic E-state index is 0.351. The van der Waals surface area contributed by atoms with Crippen LogP contribution in [-0.2, 0) is 17.1 Å². The molecule has 0 saturated carbocycles. The summed E-state index contributed by atoms with van der Waals surface area (Å²) in [6.45, 7) is 0. The average Bonchev–Trinajstić information content (AvgIpc) is 2.75. The zero-order valence-corrected chi connectivity index (χ0v) is 10.7. The van der Waals surface area contributed by atoms with Crippen LogP contribution in [0.3, 0.4) is 0 Å². The number of aromatic nitrogens is 2. The van der Waals surface area contributed by atoms with Gasteiger partial charge in [0.25, 0.3) is 10.0 Å². The first-order chi connectivity index (χ1) is 8.43. The summed E-state index contributed by atoms with van der Waals surface area (Å²) in [5.74, 6) is -0.770. The van der Waals surface area contributed by atoms with Crippen LogP contribution in [0.25, 0.3) is 0 Å². The molecule has 1 aromatic carbocycles. The van der Waals surface area contributed by atoms with E-state index in [0.29, 0.717) is 5.69 Å². The van der Waals surface area contributed by atoms with Crippen LogP contribution in [0.1, 0.15) is 0 Å². The molecule has 0 aliphatic heterocycles. The summed E-state index contributed by atoms with van der Waals surface area (Å²) in [6, 6.07) is 5.27. The summed E-state index contributed by atoms with van der Waals surface area (Å²) in [5.41, 5.74) is 0.376. The standard InChI is InChI=1S/C11H12FN3O2S/c1-14-8-9(7-13-14)15(2)18(16,17)11-6-4-3-5-10(11)12/h3-8H,1-2H3. The van der Waals surface area contributed by atoms with E-state index in [-0.39, 0.29) is 4.90 Å². The Bertz CT molecular complexity index is 666. The van der Waals surface area contributed by atoms with Crippen LogP contribution in [0.2, 0.25) is 0 Å². The number of sulfonamides is 1. The number of halogens is 1. The Morgan fingerprint density at radius 3 is 2.56 bits per heavy atom.